The van der Waals surface area contributed by atoms with Crippen LogP contribution >= 0.6 is 11.6 Å². The van der Waals surface area contributed by atoms with E-state index in [-0.39, 0.29) is 11.4 Å². The molecule has 0 aromatic heterocycles. The maximum Gasteiger partial charge on any atom is 0.142 e. The Balaban J connectivity index is 2.84. The molecule has 13 heavy (non-hydrogen) atoms. The number of rotatable bonds is 3. The lowest BCUT2D eigenvalue weighted by atomic mass is 10.1. The Bertz CT molecular complexity index is 291. The summed E-state index contributed by atoms with van der Waals surface area (Å²) in [5.41, 5.74) is 6.14. The maximum atomic E-state index is 12.9. The molecule has 4 heteroatoms. The van der Waals surface area contributed by atoms with Crippen molar-refractivity contribution >= 4 is 11.6 Å². The molecule has 72 valence electrons. The second kappa shape index (κ2) is 4.53. The fourth-order valence-corrected chi connectivity index (χ4v) is 1.14. The second-order valence-electron chi connectivity index (χ2n) is 2.76. The van der Waals surface area contributed by atoms with E-state index in [1.54, 1.807) is 6.07 Å². The van der Waals surface area contributed by atoms with Gasteiger partial charge in [0.25, 0.3) is 0 Å². The van der Waals surface area contributed by atoms with Crippen molar-refractivity contribution in [3.8, 4) is 0 Å². The zero-order valence-electron chi connectivity index (χ0n) is 6.93. The lowest BCUT2D eigenvalue weighted by molar-refractivity contribution is 0.441. The third kappa shape index (κ3) is 2.64. The van der Waals surface area contributed by atoms with Crippen molar-refractivity contribution in [2.45, 2.75) is 12.5 Å². The van der Waals surface area contributed by atoms with Gasteiger partial charge in [-0.2, -0.15) is 0 Å². The van der Waals surface area contributed by atoms with Gasteiger partial charge in [-0.1, -0.05) is 17.7 Å². The summed E-state index contributed by atoms with van der Waals surface area (Å²) < 4.78 is 24.8. The fourth-order valence-electron chi connectivity index (χ4n) is 1.03. The molecular formula is C9H10ClF2N. The van der Waals surface area contributed by atoms with Gasteiger partial charge in [0.2, 0.25) is 0 Å². The van der Waals surface area contributed by atoms with Gasteiger partial charge in [-0.05, 0) is 24.1 Å². The van der Waals surface area contributed by atoms with Crippen LogP contribution in [0, 0.1) is 5.82 Å². The monoisotopic (exact) mass is 205 g/mol. The first-order chi connectivity index (χ1) is 6.15. The number of nitrogens with two attached hydrogens (primary N) is 1. The first kappa shape index (κ1) is 10.4. The molecule has 0 bridgehead atoms. The van der Waals surface area contributed by atoms with Crippen LogP contribution in [0.5, 0.6) is 0 Å². The standard InChI is InChI=1S/C9H10ClF2N/c10-7-2-1-6(5-8(7)12)9(13)3-4-11/h1-2,5,9H,3-4,13H2/t9-/m1/s1. The van der Waals surface area contributed by atoms with E-state index in [4.69, 9.17) is 17.3 Å². The number of benzene rings is 1. The first-order valence-electron chi connectivity index (χ1n) is 3.91. The van der Waals surface area contributed by atoms with Crippen molar-refractivity contribution in [1.82, 2.24) is 0 Å². The molecule has 1 atom stereocenters. The summed E-state index contributed by atoms with van der Waals surface area (Å²) in [7, 11) is 0. The van der Waals surface area contributed by atoms with Crippen LogP contribution in [0.2, 0.25) is 5.02 Å². The molecular weight excluding hydrogens is 196 g/mol. The van der Waals surface area contributed by atoms with Crippen molar-refractivity contribution < 1.29 is 8.78 Å². The third-order valence-electron chi connectivity index (χ3n) is 1.79. The topological polar surface area (TPSA) is 26.0 Å². The molecule has 1 aromatic carbocycles. The highest BCUT2D eigenvalue weighted by Crippen LogP contribution is 2.20. The largest absolute Gasteiger partial charge is 0.324 e. The van der Waals surface area contributed by atoms with Gasteiger partial charge in [-0.3, -0.25) is 4.39 Å². The van der Waals surface area contributed by atoms with Gasteiger partial charge in [0, 0.05) is 6.04 Å². The van der Waals surface area contributed by atoms with Crippen LogP contribution in [0.3, 0.4) is 0 Å². The van der Waals surface area contributed by atoms with Gasteiger partial charge in [0.1, 0.15) is 5.82 Å². The molecule has 0 aliphatic heterocycles. The van der Waals surface area contributed by atoms with Gasteiger partial charge in [-0.15, -0.1) is 0 Å². The summed E-state index contributed by atoms with van der Waals surface area (Å²) in [6, 6.07) is 3.80. The Hall–Kier alpha value is -0.670. The molecule has 0 fully saturated rings. The Labute approximate surface area is 80.5 Å². The highest BCUT2D eigenvalue weighted by molar-refractivity contribution is 6.30. The molecule has 0 radical (unpaired) electrons. The van der Waals surface area contributed by atoms with Crippen LogP contribution in [-0.4, -0.2) is 6.67 Å². The van der Waals surface area contributed by atoms with E-state index >= 15 is 0 Å². The van der Waals surface area contributed by atoms with E-state index in [9.17, 15) is 8.78 Å². The normalized spacial score (nSPS) is 12.9. The first-order valence-corrected chi connectivity index (χ1v) is 4.29. The molecule has 0 saturated carbocycles. The minimum atomic E-state index is -0.520. The van der Waals surface area contributed by atoms with Gasteiger partial charge >= 0.3 is 0 Å². The summed E-state index contributed by atoms with van der Waals surface area (Å²) in [5, 5.41) is 0.0520. The molecule has 1 aromatic rings. The van der Waals surface area contributed by atoms with Gasteiger partial charge in [-0.25, -0.2) is 4.39 Å². The lowest BCUT2D eigenvalue weighted by Gasteiger charge is -2.09. The van der Waals surface area contributed by atoms with Crippen LogP contribution in [-0.2, 0) is 0 Å². The third-order valence-corrected chi connectivity index (χ3v) is 2.10. The maximum absolute atomic E-state index is 12.9. The molecule has 0 unspecified atom stereocenters. The number of halogens is 3. The van der Waals surface area contributed by atoms with Crippen molar-refractivity contribution in [2.24, 2.45) is 5.73 Å². The van der Waals surface area contributed by atoms with Crippen LogP contribution in [0.15, 0.2) is 18.2 Å². The number of hydrogen-bond donors (Lipinski definition) is 1. The zero-order chi connectivity index (χ0) is 9.84. The van der Waals surface area contributed by atoms with Gasteiger partial charge < -0.3 is 5.73 Å². The average Bonchev–Trinajstić information content (AvgIpc) is 2.10. The molecule has 0 spiro atoms. The zero-order valence-corrected chi connectivity index (χ0v) is 7.69. The van der Waals surface area contributed by atoms with Crippen molar-refractivity contribution in [2.75, 3.05) is 6.67 Å². The smallest absolute Gasteiger partial charge is 0.142 e. The molecule has 1 nitrogen and oxygen atoms in total. The van der Waals surface area contributed by atoms with E-state index in [0.29, 0.717) is 5.56 Å². The van der Waals surface area contributed by atoms with E-state index in [1.165, 1.54) is 12.1 Å². The molecule has 1 rings (SSSR count). The molecule has 0 heterocycles. The Morgan fingerprint density at radius 2 is 2.15 bits per heavy atom. The summed E-state index contributed by atoms with van der Waals surface area (Å²) in [6.07, 6.45) is 0.196. The molecule has 2 N–H and O–H groups in total. The highest BCUT2D eigenvalue weighted by atomic mass is 35.5. The summed E-state index contributed by atoms with van der Waals surface area (Å²) in [6.45, 7) is -0.509. The summed E-state index contributed by atoms with van der Waals surface area (Å²) in [5.74, 6) is -0.520. The minimum absolute atomic E-state index is 0.0520. The summed E-state index contributed by atoms with van der Waals surface area (Å²) >= 11 is 5.47. The minimum Gasteiger partial charge on any atom is -0.324 e. The van der Waals surface area contributed by atoms with E-state index in [1.807, 2.05) is 0 Å². The van der Waals surface area contributed by atoms with Gasteiger partial charge in [0.05, 0.1) is 11.7 Å². The fraction of sp³-hybridized carbons (Fsp3) is 0.333. The quantitative estimate of drug-likeness (QED) is 0.807. The molecule has 0 aliphatic rings. The predicted molar refractivity (Wildman–Crippen MR) is 48.9 cm³/mol. The molecule has 0 aliphatic carbocycles. The highest BCUT2D eigenvalue weighted by Gasteiger charge is 2.08. The Morgan fingerprint density at radius 1 is 1.46 bits per heavy atom. The van der Waals surface area contributed by atoms with E-state index in [0.717, 1.165) is 0 Å². The summed E-state index contributed by atoms with van der Waals surface area (Å²) in [4.78, 5) is 0. The predicted octanol–water partition coefficient (Wildman–Crippen LogP) is 2.84. The number of alkyl halides is 1. The Kier molecular flexibility index (Phi) is 3.63. The molecule has 0 amide bonds. The second-order valence-corrected chi connectivity index (χ2v) is 3.16. The number of hydrogen-bond acceptors (Lipinski definition) is 1. The van der Waals surface area contributed by atoms with Crippen molar-refractivity contribution in [1.29, 1.82) is 0 Å². The molecule has 0 saturated heterocycles. The SMILES string of the molecule is N[C@H](CCF)c1ccc(Cl)c(F)c1. The van der Waals surface area contributed by atoms with Crippen molar-refractivity contribution in [3.63, 3.8) is 0 Å². The van der Waals surface area contributed by atoms with Crippen LogP contribution < -0.4 is 5.73 Å². The lowest BCUT2D eigenvalue weighted by Crippen LogP contribution is -2.11. The van der Waals surface area contributed by atoms with E-state index < -0.39 is 18.5 Å². The van der Waals surface area contributed by atoms with Gasteiger partial charge in [0.15, 0.2) is 0 Å². The van der Waals surface area contributed by atoms with Crippen LogP contribution in [0.1, 0.15) is 18.0 Å². The Morgan fingerprint density at radius 3 is 2.69 bits per heavy atom. The van der Waals surface area contributed by atoms with E-state index in [2.05, 4.69) is 0 Å². The van der Waals surface area contributed by atoms with Crippen LogP contribution in [0.4, 0.5) is 8.78 Å². The average molecular weight is 206 g/mol. The van der Waals surface area contributed by atoms with Crippen LogP contribution in [0.25, 0.3) is 0 Å². The van der Waals surface area contributed by atoms with Crippen molar-refractivity contribution in [3.05, 3.63) is 34.6 Å².